The van der Waals surface area contributed by atoms with E-state index in [1.807, 2.05) is 0 Å². The zero-order chi connectivity index (χ0) is 11.2. The fourth-order valence-electron chi connectivity index (χ4n) is 1.39. The summed E-state index contributed by atoms with van der Waals surface area (Å²) in [7, 11) is 0. The van der Waals surface area contributed by atoms with Gasteiger partial charge in [0.2, 0.25) is 0 Å². The van der Waals surface area contributed by atoms with E-state index < -0.39 is 11.7 Å². The van der Waals surface area contributed by atoms with E-state index >= 15 is 0 Å². The molecule has 1 aromatic heterocycles. The minimum atomic E-state index is -0.821. The summed E-state index contributed by atoms with van der Waals surface area (Å²) in [5, 5.41) is 0.426. The molecule has 0 radical (unpaired) electrons. The molecule has 78 valence electrons. The van der Waals surface area contributed by atoms with Crippen molar-refractivity contribution in [2.24, 2.45) is 5.73 Å². The summed E-state index contributed by atoms with van der Waals surface area (Å²) in [6, 6.07) is 1.52. The van der Waals surface area contributed by atoms with Gasteiger partial charge in [-0.3, -0.25) is 4.79 Å². The van der Waals surface area contributed by atoms with E-state index in [-0.39, 0.29) is 21.3 Å². The van der Waals surface area contributed by atoms with E-state index in [1.54, 1.807) is 0 Å². The average Bonchev–Trinajstić information content (AvgIpc) is 2.62. The number of furan rings is 1. The summed E-state index contributed by atoms with van der Waals surface area (Å²) in [6.07, 6.45) is 1.33. The summed E-state index contributed by atoms with van der Waals surface area (Å²) in [4.78, 5) is 11.1. The van der Waals surface area contributed by atoms with Crippen molar-refractivity contribution in [3.8, 4) is 0 Å². The van der Waals surface area contributed by atoms with Crippen LogP contribution in [-0.2, 0) is 0 Å². The molecule has 4 nitrogen and oxygen atoms in total. The van der Waals surface area contributed by atoms with Crippen LogP contribution in [-0.4, -0.2) is 5.91 Å². The average molecular weight is 273 g/mol. The molecule has 6 heteroatoms. The molecule has 1 aromatic carbocycles. The van der Waals surface area contributed by atoms with Crippen LogP contribution in [0.4, 0.5) is 10.1 Å². The highest BCUT2D eigenvalue weighted by atomic mass is 79.9. The fourth-order valence-corrected chi connectivity index (χ4v) is 1.91. The van der Waals surface area contributed by atoms with E-state index in [1.165, 1.54) is 12.3 Å². The summed E-state index contributed by atoms with van der Waals surface area (Å²) in [5.74, 6) is -1.53. The van der Waals surface area contributed by atoms with Crippen LogP contribution in [0.15, 0.2) is 21.2 Å². The molecule has 1 amide bonds. The minimum absolute atomic E-state index is 0.129. The van der Waals surface area contributed by atoms with Crippen molar-refractivity contribution in [3.05, 3.63) is 28.2 Å². The van der Waals surface area contributed by atoms with Gasteiger partial charge in [-0.1, -0.05) is 0 Å². The van der Waals surface area contributed by atoms with Crippen LogP contribution in [0.2, 0.25) is 0 Å². The lowest BCUT2D eigenvalue weighted by atomic mass is 10.1. The second kappa shape index (κ2) is 3.23. The molecule has 0 aliphatic heterocycles. The molecule has 0 fully saturated rings. The van der Waals surface area contributed by atoms with Crippen LogP contribution in [0.5, 0.6) is 0 Å². The molecule has 4 N–H and O–H groups in total. The lowest BCUT2D eigenvalue weighted by molar-refractivity contribution is 0.100. The third-order valence-electron chi connectivity index (χ3n) is 2.07. The van der Waals surface area contributed by atoms with Gasteiger partial charge >= 0.3 is 0 Å². The van der Waals surface area contributed by atoms with Gasteiger partial charge in [0.25, 0.3) is 5.91 Å². The number of nitrogen functional groups attached to an aromatic ring is 1. The van der Waals surface area contributed by atoms with Gasteiger partial charge < -0.3 is 15.9 Å². The Labute approximate surface area is 92.1 Å². The number of primary amides is 1. The summed E-state index contributed by atoms with van der Waals surface area (Å²) >= 11 is 3.03. The molecule has 15 heavy (non-hydrogen) atoms. The summed E-state index contributed by atoms with van der Waals surface area (Å²) < 4.78 is 18.7. The lowest BCUT2D eigenvalue weighted by Gasteiger charge is -2.06. The topological polar surface area (TPSA) is 82.2 Å². The number of hydrogen-bond donors (Lipinski definition) is 2. The quantitative estimate of drug-likeness (QED) is 0.780. The monoisotopic (exact) mass is 272 g/mol. The van der Waals surface area contributed by atoms with Gasteiger partial charge in [-0.2, -0.15) is 0 Å². The first-order valence-corrected chi connectivity index (χ1v) is 4.76. The maximum atomic E-state index is 13.5. The fraction of sp³-hybridized carbons (Fsp3) is 0. The maximum Gasteiger partial charge on any atom is 0.254 e. The Kier molecular flexibility index (Phi) is 2.15. The Morgan fingerprint density at radius 1 is 1.53 bits per heavy atom. The number of rotatable bonds is 1. The number of benzene rings is 1. The van der Waals surface area contributed by atoms with E-state index in [0.717, 1.165) is 0 Å². The number of halogens is 2. The zero-order valence-corrected chi connectivity index (χ0v) is 8.97. The number of carbonyl (C=O) groups is 1. The van der Waals surface area contributed by atoms with Crippen molar-refractivity contribution in [1.82, 2.24) is 0 Å². The predicted octanol–water partition coefficient (Wildman–Crippen LogP) is 2.02. The number of fused-ring (bicyclic) bond motifs is 1. The first-order valence-electron chi connectivity index (χ1n) is 3.97. The molecule has 2 aromatic rings. The molecule has 0 saturated heterocycles. The largest absolute Gasteiger partial charge is 0.463 e. The molecule has 0 bridgehead atoms. The molecule has 0 spiro atoms. The number of amides is 1. The Bertz CT molecular complexity index is 565. The summed E-state index contributed by atoms with van der Waals surface area (Å²) in [5.41, 5.74) is 10.3. The second-order valence-electron chi connectivity index (χ2n) is 2.94. The van der Waals surface area contributed by atoms with Gasteiger partial charge in [0, 0.05) is 5.39 Å². The number of carbonyl (C=O) groups excluding carboxylic acids is 1. The third kappa shape index (κ3) is 1.29. The van der Waals surface area contributed by atoms with Gasteiger partial charge in [-0.25, -0.2) is 4.39 Å². The van der Waals surface area contributed by atoms with Gasteiger partial charge in [0.15, 0.2) is 5.82 Å². The Balaban J connectivity index is 3.01. The van der Waals surface area contributed by atoms with E-state index in [9.17, 15) is 9.18 Å². The first kappa shape index (κ1) is 9.97. The van der Waals surface area contributed by atoms with Crippen LogP contribution < -0.4 is 11.5 Å². The SMILES string of the molecule is NC(=O)c1c(N)c(F)c(Br)c2ccoc12. The Morgan fingerprint density at radius 3 is 2.80 bits per heavy atom. The van der Waals surface area contributed by atoms with Crippen molar-refractivity contribution < 1.29 is 13.6 Å². The van der Waals surface area contributed by atoms with Crippen molar-refractivity contribution in [3.63, 3.8) is 0 Å². The zero-order valence-electron chi connectivity index (χ0n) is 7.38. The van der Waals surface area contributed by atoms with E-state index in [2.05, 4.69) is 15.9 Å². The Morgan fingerprint density at radius 2 is 2.20 bits per heavy atom. The molecule has 0 saturated carbocycles. The molecule has 0 aliphatic carbocycles. The van der Waals surface area contributed by atoms with Crippen LogP contribution in [0.1, 0.15) is 10.4 Å². The van der Waals surface area contributed by atoms with Crippen LogP contribution in [0.3, 0.4) is 0 Å². The molecule has 1 heterocycles. The second-order valence-corrected chi connectivity index (χ2v) is 3.74. The van der Waals surface area contributed by atoms with E-state index in [0.29, 0.717) is 5.39 Å². The molecule has 2 rings (SSSR count). The van der Waals surface area contributed by atoms with Gasteiger partial charge in [0.1, 0.15) is 11.1 Å². The molecule has 0 atom stereocenters. The minimum Gasteiger partial charge on any atom is -0.463 e. The van der Waals surface area contributed by atoms with Crippen LogP contribution in [0, 0.1) is 5.82 Å². The number of nitrogens with two attached hydrogens (primary N) is 2. The third-order valence-corrected chi connectivity index (χ3v) is 2.85. The summed E-state index contributed by atoms with van der Waals surface area (Å²) in [6.45, 7) is 0. The van der Waals surface area contributed by atoms with Crippen LogP contribution in [0.25, 0.3) is 11.0 Å². The molecular formula is C9H6BrFN2O2. The maximum absolute atomic E-state index is 13.5. The normalized spacial score (nSPS) is 10.8. The van der Waals surface area contributed by atoms with Crippen LogP contribution >= 0.6 is 15.9 Å². The highest BCUT2D eigenvalue weighted by Gasteiger charge is 2.21. The van der Waals surface area contributed by atoms with Gasteiger partial charge in [-0.15, -0.1) is 0 Å². The van der Waals surface area contributed by atoms with Gasteiger partial charge in [0.05, 0.1) is 16.4 Å². The highest BCUT2D eigenvalue weighted by molar-refractivity contribution is 9.10. The van der Waals surface area contributed by atoms with E-state index in [4.69, 9.17) is 15.9 Å². The smallest absolute Gasteiger partial charge is 0.254 e. The molecule has 0 aliphatic rings. The highest BCUT2D eigenvalue weighted by Crippen LogP contribution is 2.35. The molecular weight excluding hydrogens is 267 g/mol. The number of anilines is 1. The first-order chi connectivity index (χ1) is 7.04. The Hall–Kier alpha value is -1.56. The number of hydrogen-bond acceptors (Lipinski definition) is 3. The van der Waals surface area contributed by atoms with Gasteiger partial charge in [-0.05, 0) is 22.0 Å². The predicted molar refractivity (Wildman–Crippen MR) is 56.8 cm³/mol. The van der Waals surface area contributed by atoms with Crippen molar-refractivity contribution in [2.75, 3.05) is 5.73 Å². The standard InChI is InChI=1S/C9H6BrFN2O2/c10-5-3-1-2-15-8(3)4(9(13)14)7(12)6(5)11/h1-2H,12H2,(H2,13,14). The van der Waals surface area contributed by atoms with Crippen molar-refractivity contribution in [2.45, 2.75) is 0 Å². The lowest BCUT2D eigenvalue weighted by Crippen LogP contribution is -2.15. The van der Waals surface area contributed by atoms with Crippen molar-refractivity contribution in [1.29, 1.82) is 0 Å². The molecule has 0 unspecified atom stereocenters. The van der Waals surface area contributed by atoms with Crippen molar-refractivity contribution >= 4 is 38.5 Å².